The van der Waals surface area contributed by atoms with Gasteiger partial charge in [0, 0.05) is 7.05 Å². The number of aromatic nitrogens is 1. The predicted octanol–water partition coefficient (Wildman–Crippen LogP) is 6.59. The predicted molar refractivity (Wildman–Crippen MR) is 172 cm³/mol. The zero-order valence-electron chi connectivity index (χ0n) is 26.3. The van der Waals surface area contributed by atoms with Crippen molar-refractivity contribution in [3.05, 3.63) is 64.3 Å². The number of unbranched alkanes of at least 4 members (excludes halogenated alkanes) is 11. The lowest BCUT2D eigenvalue weighted by Gasteiger charge is -2.25. The number of aromatic hydroxyl groups is 1. The third kappa shape index (κ3) is 8.16. The number of fused-ring (bicyclic) bond motifs is 1. The molecule has 0 aliphatic carbocycles. The van der Waals surface area contributed by atoms with Gasteiger partial charge in [0.2, 0.25) is 11.6 Å². The molecular formula is C33H43N3O8S. The molecule has 0 amide bonds. The van der Waals surface area contributed by atoms with E-state index < -0.39 is 33.4 Å². The second-order valence-electron chi connectivity index (χ2n) is 11.2. The summed E-state index contributed by atoms with van der Waals surface area (Å²) >= 11 is 0. The molecular weight excluding hydrogens is 598 g/mol. The first-order valence-corrected chi connectivity index (χ1v) is 17.1. The van der Waals surface area contributed by atoms with E-state index in [4.69, 9.17) is 13.9 Å². The summed E-state index contributed by atoms with van der Waals surface area (Å²) in [4.78, 5) is 27.3. The second-order valence-corrected chi connectivity index (χ2v) is 12.8. The van der Waals surface area contributed by atoms with Gasteiger partial charge in [0.25, 0.3) is 10.0 Å². The van der Waals surface area contributed by atoms with Crippen molar-refractivity contribution in [2.45, 2.75) is 88.9 Å². The van der Waals surface area contributed by atoms with Crippen LogP contribution in [0.5, 0.6) is 11.6 Å². The van der Waals surface area contributed by atoms with Crippen LogP contribution in [0.15, 0.2) is 61.0 Å². The molecule has 0 saturated carbocycles. The molecule has 1 aliphatic heterocycles. The number of esters is 1. The number of carbonyl (C=O) groups is 1. The Bertz CT molecular complexity index is 1660. The van der Waals surface area contributed by atoms with Crippen LogP contribution in [0, 0.1) is 0 Å². The van der Waals surface area contributed by atoms with Gasteiger partial charge < -0.3 is 23.9 Å². The maximum atomic E-state index is 13.0. The number of para-hydroxylation sites is 1. The van der Waals surface area contributed by atoms with Crippen LogP contribution in [-0.4, -0.2) is 50.7 Å². The van der Waals surface area contributed by atoms with Crippen LogP contribution in [0.2, 0.25) is 0 Å². The SMILES string of the molecule is CCCCCCCCCCCCCCOC(=O)c1ccc(OC)c(-n2c(O)c(C3=NS(=O)(=O)c4ccccc4N3C)oc2=O)c1. The highest BCUT2D eigenvalue weighted by molar-refractivity contribution is 7.90. The minimum atomic E-state index is -4.13. The van der Waals surface area contributed by atoms with Gasteiger partial charge in [0.1, 0.15) is 10.6 Å². The zero-order valence-corrected chi connectivity index (χ0v) is 27.1. The van der Waals surface area contributed by atoms with Crippen molar-refractivity contribution >= 4 is 27.5 Å². The van der Waals surface area contributed by atoms with Gasteiger partial charge in [0.15, 0.2) is 5.84 Å². The first-order valence-electron chi connectivity index (χ1n) is 15.7. The lowest BCUT2D eigenvalue weighted by Crippen LogP contribution is -2.32. The molecule has 0 radical (unpaired) electrons. The fraction of sp³-hybridized carbons (Fsp3) is 0.485. The number of sulfonamides is 1. The van der Waals surface area contributed by atoms with E-state index in [1.807, 2.05) is 0 Å². The largest absolute Gasteiger partial charge is 0.495 e. The highest BCUT2D eigenvalue weighted by atomic mass is 32.2. The molecule has 244 valence electrons. The number of amidine groups is 1. The minimum Gasteiger partial charge on any atom is -0.495 e. The molecule has 2 aromatic carbocycles. The molecule has 4 rings (SSSR count). The molecule has 0 fully saturated rings. The molecule has 0 unspecified atom stereocenters. The monoisotopic (exact) mass is 641 g/mol. The second kappa shape index (κ2) is 15.8. The standard InChI is InChI=1S/C33H43N3O8S/c1-4-5-6-7-8-9-10-11-12-13-14-17-22-43-32(38)24-20-21-27(42-3)26(23-24)36-31(37)29(44-33(36)39)30-34-45(40,41)28-19-16-15-18-25(28)35(30)2/h15-16,18-21,23,37H,4-14,17,22H2,1-3H3. The Hall–Kier alpha value is -4.06. The summed E-state index contributed by atoms with van der Waals surface area (Å²) in [7, 11) is -1.22. The van der Waals surface area contributed by atoms with Crippen LogP contribution in [-0.2, 0) is 14.8 Å². The highest BCUT2D eigenvalue weighted by Crippen LogP contribution is 2.35. The molecule has 3 aromatic rings. The third-order valence-corrected chi connectivity index (χ3v) is 9.22. The summed E-state index contributed by atoms with van der Waals surface area (Å²) in [6.07, 6.45) is 14.4. The van der Waals surface area contributed by atoms with Crippen molar-refractivity contribution in [1.29, 1.82) is 0 Å². The number of nitrogens with zero attached hydrogens (tertiary/aromatic N) is 3. The third-order valence-electron chi connectivity index (χ3n) is 7.91. The molecule has 1 aliphatic rings. The average Bonchev–Trinajstić information content (AvgIpc) is 3.33. The fourth-order valence-corrected chi connectivity index (χ4v) is 6.64. The number of ether oxygens (including phenoxy) is 2. The van der Waals surface area contributed by atoms with E-state index in [0.717, 1.165) is 23.8 Å². The average molecular weight is 642 g/mol. The maximum absolute atomic E-state index is 13.0. The van der Waals surface area contributed by atoms with Crippen LogP contribution >= 0.6 is 0 Å². The normalized spacial score (nSPS) is 13.8. The Morgan fingerprint density at radius 3 is 2.18 bits per heavy atom. The van der Waals surface area contributed by atoms with Gasteiger partial charge in [-0.3, -0.25) is 0 Å². The van der Waals surface area contributed by atoms with E-state index in [2.05, 4.69) is 11.3 Å². The van der Waals surface area contributed by atoms with Gasteiger partial charge in [-0.1, -0.05) is 89.7 Å². The first kappa shape index (κ1) is 33.8. The van der Waals surface area contributed by atoms with Crippen molar-refractivity contribution in [3.8, 4) is 17.3 Å². The van der Waals surface area contributed by atoms with E-state index in [1.54, 1.807) is 18.2 Å². The Morgan fingerprint density at radius 2 is 1.53 bits per heavy atom. The van der Waals surface area contributed by atoms with E-state index >= 15 is 0 Å². The minimum absolute atomic E-state index is 0.0112. The summed E-state index contributed by atoms with van der Waals surface area (Å²) < 4.78 is 46.4. The Kier molecular flexibility index (Phi) is 11.9. The fourth-order valence-electron chi connectivity index (χ4n) is 5.39. The number of rotatable bonds is 17. The lowest BCUT2D eigenvalue weighted by molar-refractivity contribution is 0.0497. The number of methoxy groups -OCH3 is 1. The lowest BCUT2D eigenvalue weighted by atomic mass is 10.1. The van der Waals surface area contributed by atoms with E-state index in [9.17, 15) is 23.1 Å². The molecule has 1 aromatic heterocycles. The molecule has 0 spiro atoms. The quantitative estimate of drug-likeness (QED) is 0.128. The molecule has 0 atom stereocenters. The van der Waals surface area contributed by atoms with Crippen molar-refractivity contribution < 1.29 is 32.2 Å². The number of hydrogen-bond donors (Lipinski definition) is 1. The Balaban J connectivity index is 1.38. The number of hydrogen-bond acceptors (Lipinski definition) is 9. The summed E-state index contributed by atoms with van der Waals surface area (Å²) in [5.41, 5.74) is 0.451. The Labute approximate surface area is 264 Å². The van der Waals surface area contributed by atoms with E-state index in [-0.39, 0.29) is 34.3 Å². The van der Waals surface area contributed by atoms with Crippen LogP contribution in [0.25, 0.3) is 5.69 Å². The summed E-state index contributed by atoms with van der Waals surface area (Å²) in [5.74, 6) is -2.90. The number of benzene rings is 2. The van der Waals surface area contributed by atoms with Crippen LogP contribution < -0.4 is 15.4 Å². The number of carbonyl (C=O) groups excluding carboxylic acids is 1. The smallest absolute Gasteiger partial charge is 0.427 e. The number of oxazole rings is 1. The van der Waals surface area contributed by atoms with Crippen molar-refractivity contribution in [2.24, 2.45) is 4.40 Å². The summed E-state index contributed by atoms with van der Waals surface area (Å²) in [5, 5.41) is 11.1. The highest BCUT2D eigenvalue weighted by Gasteiger charge is 2.34. The maximum Gasteiger partial charge on any atom is 0.427 e. The van der Waals surface area contributed by atoms with Gasteiger partial charge in [-0.15, -0.1) is 4.40 Å². The molecule has 45 heavy (non-hydrogen) atoms. The topological polar surface area (TPSA) is 141 Å². The van der Waals surface area contributed by atoms with Crippen molar-refractivity contribution in [2.75, 3.05) is 25.7 Å². The molecule has 12 heteroatoms. The van der Waals surface area contributed by atoms with Crippen LogP contribution in [0.4, 0.5) is 5.69 Å². The van der Waals surface area contributed by atoms with Crippen molar-refractivity contribution in [1.82, 2.24) is 4.57 Å². The number of anilines is 1. The van der Waals surface area contributed by atoms with Gasteiger partial charge in [0.05, 0.1) is 30.7 Å². The summed E-state index contributed by atoms with van der Waals surface area (Å²) in [6, 6.07) is 10.5. The molecule has 11 nitrogen and oxygen atoms in total. The first-order chi connectivity index (χ1) is 21.7. The van der Waals surface area contributed by atoms with E-state index in [0.29, 0.717) is 5.69 Å². The summed E-state index contributed by atoms with van der Waals surface area (Å²) in [6.45, 7) is 2.50. The zero-order chi connectivity index (χ0) is 32.4. The molecule has 0 bridgehead atoms. The van der Waals surface area contributed by atoms with Crippen LogP contribution in [0.1, 0.15) is 100 Å². The van der Waals surface area contributed by atoms with Gasteiger partial charge in [-0.2, -0.15) is 8.42 Å². The van der Waals surface area contributed by atoms with Crippen LogP contribution in [0.3, 0.4) is 0 Å². The molecule has 2 heterocycles. The molecule has 1 N–H and O–H groups in total. The molecule has 0 saturated heterocycles. The van der Waals surface area contributed by atoms with E-state index in [1.165, 1.54) is 101 Å². The van der Waals surface area contributed by atoms with Crippen molar-refractivity contribution in [3.63, 3.8) is 0 Å². The van der Waals surface area contributed by atoms with Gasteiger partial charge >= 0.3 is 11.7 Å². The van der Waals surface area contributed by atoms with Gasteiger partial charge in [-0.05, 0) is 36.8 Å². The Morgan fingerprint density at radius 1 is 0.911 bits per heavy atom. The van der Waals surface area contributed by atoms with Gasteiger partial charge in [-0.25, -0.2) is 14.2 Å².